The number of hydrogen-bond donors (Lipinski definition) is 1. The predicted molar refractivity (Wildman–Crippen MR) is 67.4 cm³/mol. The Kier molecular flexibility index (Phi) is 2.13. The summed E-state index contributed by atoms with van der Waals surface area (Å²) < 4.78 is 6.21. The summed E-state index contributed by atoms with van der Waals surface area (Å²) in [6, 6.07) is 6.42. The molecule has 0 bridgehead atoms. The molecule has 2 nitrogen and oxygen atoms in total. The van der Waals surface area contributed by atoms with Gasteiger partial charge in [0.25, 0.3) is 0 Å². The fraction of sp³-hybridized carbons (Fsp3) is 0.600. The summed E-state index contributed by atoms with van der Waals surface area (Å²) in [5.41, 5.74) is 2.07. The SMILES string of the molecule is Cc1ccc2c(c1)O[C@@]1(CO)[C@H](C)CC[C@@]21C. The molecular formula is C15H20O2. The first-order valence-electron chi connectivity index (χ1n) is 6.44. The van der Waals surface area contributed by atoms with Crippen LogP contribution in [-0.4, -0.2) is 17.3 Å². The maximum absolute atomic E-state index is 9.88. The van der Waals surface area contributed by atoms with Gasteiger partial charge in [-0.05, 0) is 37.3 Å². The third-order valence-electron chi connectivity index (χ3n) is 5.07. The molecule has 0 amide bonds. The Morgan fingerprint density at radius 1 is 1.47 bits per heavy atom. The molecule has 0 spiro atoms. The van der Waals surface area contributed by atoms with E-state index in [0.717, 1.165) is 18.6 Å². The fourth-order valence-electron chi connectivity index (χ4n) is 3.80. The lowest BCUT2D eigenvalue weighted by Gasteiger charge is -2.38. The highest BCUT2D eigenvalue weighted by atomic mass is 16.5. The van der Waals surface area contributed by atoms with Gasteiger partial charge in [-0.2, -0.15) is 0 Å². The smallest absolute Gasteiger partial charge is 0.144 e. The molecule has 1 aromatic rings. The van der Waals surface area contributed by atoms with Crippen molar-refractivity contribution in [2.45, 2.75) is 44.6 Å². The van der Waals surface area contributed by atoms with Crippen LogP contribution in [0, 0.1) is 12.8 Å². The zero-order chi connectivity index (χ0) is 12.3. The minimum absolute atomic E-state index is 0.0236. The number of ether oxygens (including phenoxy) is 1. The van der Waals surface area contributed by atoms with Crippen molar-refractivity contribution in [1.29, 1.82) is 0 Å². The van der Waals surface area contributed by atoms with Gasteiger partial charge in [0.15, 0.2) is 0 Å². The summed E-state index contributed by atoms with van der Waals surface area (Å²) in [6.45, 7) is 6.63. The molecule has 0 aromatic heterocycles. The van der Waals surface area contributed by atoms with Crippen LogP contribution in [0.5, 0.6) is 5.75 Å². The number of aliphatic hydroxyl groups excluding tert-OH is 1. The van der Waals surface area contributed by atoms with E-state index in [1.165, 1.54) is 11.1 Å². The molecule has 2 aliphatic rings. The van der Waals surface area contributed by atoms with Crippen LogP contribution in [0.25, 0.3) is 0 Å². The summed E-state index contributed by atoms with van der Waals surface area (Å²) >= 11 is 0. The van der Waals surface area contributed by atoms with Crippen LogP contribution in [0.2, 0.25) is 0 Å². The van der Waals surface area contributed by atoms with Crippen LogP contribution in [0.15, 0.2) is 18.2 Å². The normalized spacial score (nSPS) is 38.7. The molecule has 1 aliphatic heterocycles. The van der Waals surface area contributed by atoms with Gasteiger partial charge in [-0.15, -0.1) is 0 Å². The first-order chi connectivity index (χ1) is 8.03. The number of fused-ring (bicyclic) bond motifs is 3. The lowest BCUT2D eigenvalue weighted by atomic mass is 9.71. The molecule has 1 N–H and O–H groups in total. The Labute approximate surface area is 103 Å². The standard InChI is InChI=1S/C15H20O2/c1-10-4-5-12-13(8-10)17-15(9-16)11(2)6-7-14(12,15)3/h4-5,8,11,16H,6-7,9H2,1-3H3/t11-,14+,15+/m1/s1. The molecule has 0 radical (unpaired) electrons. The molecule has 1 fully saturated rings. The largest absolute Gasteiger partial charge is 0.483 e. The molecular weight excluding hydrogens is 212 g/mol. The highest BCUT2D eigenvalue weighted by Crippen LogP contribution is 2.60. The van der Waals surface area contributed by atoms with Gasteiger partial charge in [-0.25, -0.2) is 0 Å². The Morgan fingerprint density at radius 2 is 2.24 bits per heavy atom. The van der Waals surface area contributed by atoms with Gasteiger partial charge in [0.2, 0.25) is 0 Å². The van der Waals surface area contributed by atoms with E-state index in [0.29, 0.717) is 5.92 Å². The maximum atomic E-state index is 9.88. The molecule has 3 rings (SSSR count). The first-order valence-corrected chi connectivity index (χ1v) is 6.44. The topological polar surface area (TPSA) is 29.5 Å². The van der Waals surface area contributed by atoms with Crippen LogP contribution < -0.4 is 4.74 Å². The summed E-state index contributed by atoms with van der Waals surface area (Å²) in [4.78, 5) is 0. The van der Waals surface area contributed by atoms with Gasteiger partial charge >= 0.3 is 0 Å². The Bertz CT molecular complexity index is 468. The number of aliphatic hydroxyl groups is 1. The van der Waals surface area contributed by atoms with Crippen molar-refractivity contribution in [3.05, 3.63) is 29.3 Å². The Balaban J connectivity index is 2.19. The van der Waals surface area contributed by atoms with Crippen molar-refractivity contribution in [2.24, 2.45) is 5.92 Å². The van der Waals surface area contributed by atoms with Gasteiger partial charge in [0, 0.05) is 11.0 Å². The minimum Gasteiger partial charge on any atom is -0.483 e. The van der Waals surface area contributed by atoms with Crippen LogP contribution in [0.1, 0.15) is 37.8 Å². The third-order valence-corrected chi connectivity index (χ3v) is 5.07. The van der Waals surface area contributed by atoms with Gasteiger partial charge in [0.05, 0.1) is 6.61 Å². The second-order valence-corrected chi connectivity index (χ2v) is 5.92. The summed E-state index contributed by atoms with van der Waals surface area (Å²) in [5, 5.41) is 9.88. The molecule has 1 aromatic carbocycles. The van der Waals surface area contributed by atoms with E-state index >= 15 is 0 Å². The molecule has 17 heavy (non-hydrogen) atoms. The number of rotatable bonds is 1. The van der Waals surface area contributed by atoms with Crippen LogP contribution in [0.4, 0.5) is 0 Å². The average molecular weight is 232 g/mol. The number of benzene rings is 1. The highest BCUT2D eigenvalue weighted by Gasteiger charge is 2.63. The van der Waals surface area contributed by atoms with Crippen molar-refractivity contribution in [3.63, 3.8) is 0 Å². The van der Waals surface area contributed by atoms with Gasteiger partial charge in [0.1, 0.15) is 11.4 Å². The molecule has 0 unspecified atom stereocenters. The van der Waals surface area contributed by atoms with E-state index < -0.39 is 5.60 Å². The van der Waals surface area contributed by atoms with E-state index in [1.807, 2.05) is 0 Å². The van der Waals surface area contributed by atoms with Crippen LogP contribution in [0.3, 0.4) is 0 Å². The van der Waals surface area contributed by atoms with Crippen LogP contribution in [-0.2, 0) is 5.41 Å². The third kappa shape index (κ3) is 1.14. The monoisotopic (exact) mass is 232 g/mol. The molecule has 1 aliphatic carbocycles. The lowest BCUT2D eigenvalue weighted by molar-refractivity contribution is -0.0376. The zero-order valence-electron chi connectivity index (χ0n) is 10.8. The van der Waals surface area contributed by atoms with E-state index in [1.54, 1.807) is 0 Å². The molecule has 1 saturated carbocycles. The quantitative estimate of drug-likeness (QED) is 0.806. The zero-order valence-corrected chi connectivity index (χ0v) is 10.8. The Hall–Kier alpha value is -1.02. The second kappa shape index (κ2) is 3.26. The molecule has 0 saturated heterocycles. The second-order valence-electron chi connectivity index (χ2n) is 5.92. The van der Waals surface area contributed by atoms with Gasteiger partial charge < -0.3 is 9.84 Å². The minimum atomic E-state index is -0.400. The van der Waals surface area contributed by atoms with E-state index in [9.17, 15) is 5.11 Å². The Morgan fingerprint density at radius 3 is 2.94 bits per heavy atom. The fourth-order valence-corrected chi connectivity index (χ4v) is 3.80. The summed E-state index contributed by atoms with van der Waals surface area (Å²) in [6.07, 6.45) is 2.23. The van der Waals surface area contributed by atoms with Gasteiger partial charge in [-0.3, -0.25) is 0 Å². The van der Waals surface area contributed by atoms with E-state index in [4.69, 9.17) is 4.74 Å². The van der Waals surface area contributed by atoms with E-state index in [-0.39, 0.29) is 12.0 Å². The van der Waals surface area contributed by atoms with Gasteiger partial charge in [-0.1, -0.05) is 26.0 Å². The van der Waals surface area contributed by atoms with Crippen molar-refractivity contribution >= 4 is 0 Å². The summed E-state index contributed by atoms with van der Waals surface area (Å²) in [5.74, 6) is 1.39. The van der Waals surface area contributed by atoms with Crippen molar-refractivity contribution < 1.29 is 9.84 Å². The predicted octanol–water partition coefficient (Wildman–Crippen LogP) is 2.81. The maximum Gasteiger partial charge on any atom is 0.144 e. The lowest BCUT2D eigenvalue weighted by Crippen LogP contribution is -2.52. The molecule has 3 atom stereocenters. The average Bonchev–Trinajstić information content (AvgIpc) is 2.69. The van der Waals surface area contributed by atoms with Crippen molar-refractivity contribution in [2.75, 3.05) is 6.61 Å². The van der Waals surface area contributed by atoms with Crippen molar-refractivity contribution in [3.8, 4) is 5.75 Å². The van der Waals surface area contributed by atoms with Crippen molar-refractivity contribution in [1.82, 2.24) is 0 Å². The molecule has 92 valence electrons. The number of hydrogen-bond acceptors (Lipinski definition) is 2. The molecule has 1 heterocycles. The highest BCUT2D eigenvalue weighted by molar-refractivity contribution is 5.50. The van der Waals surface area contributed by atoms with E-state index in [2.05, 4.69) is 39.0 Å². The summed E-state index contributed by atoms with van der Waals surface area (Å²) in [7, 11) is 0. The van der Waals surface area contributed by atoms with Crippen LogP contribution >= 0.6 is 0 Å². The molecule has 2 heteroatoms. The first kappa shape index (κ1) is 11.1. The number of aryl methyl sites for hydroxylation is 1.